The van der Waals surface area contributed by atoms with Gasteiger partial charge in [0.05, 0.1) is 34.5 Å². The minimum absolute atomic E-state index is 0.0389. The molecule has 0 fully saturated rings. The van der Waals surface area contributed by atoms with Crippen LogP contribution in [-0.4, -0.2) is 34.5 Å². The molecule has 0 saturated carbocycles. The Hall–Kier alpha value is -4.15. The van der Waals surface area contributed by atoms with E-state index in [1.807, 2.05) is 24.3 Å². The third-order valence-electron chi connectivity index (χ3n) is 4.98. The van der Waals surface area contributed by atoms with Gasteiger partial charge < -0.3 is 4.42 Å². The highest BCUT2D eigenvalue weighted by Crippen LogP contribution is 2.24. The van der Waals surface area contributed by atoms with Crippen molar-refractivity contribution in [1.82, 2.24) is 34.5 Å². The second-order valence-electron chi connectivity index (χ2n) is 6.89. The average molecular weight is 423 g/mol. The molecule has 0 atom stereocenters. The Labute approximate surface area is 173 Å². The number of hydrogen-bond acceptors (Lipinski definition) is 6. The Kier molecular flexibility index (Phi) is 4.42. The van der Waals surface area contributed by atoms with Crippen molar-refractivity contribution in [3.05, 3.63) is 70.9 Å². The number of aromatic amines is 1. The highest BCUT2D eigenvalue weighted by molar-refractivity contribution is 5.82. The molecule has 4 aromatic heterocycles. The molecule has 0 unspecified atom stereocenters. The lowest BCUT2D eigenvalue weighted by atomic mass is 10.1. The molecular weight excluding hydrogens is 408 g/mol. The third kappa shape index (κ3) is 3.29. The summed E-state index contributed by atoms with van der Waals surface area (Å²) < 4.78 is 33.4. The van der Waals surface area contributed by atoms with E-state index in [0.29, 0.717) is 11.3 Å². The number of nitrogens with one attached hydrogen (secondary N) is 1. The minimum Gasteiger partial charge on any atom is -0.415 e. The van der Waals surface area contributed by atoms with Crippen molar-refractivity contribution in [2.24, 2.45) is 7.05 Å². The van der Waals surface area contributed by atoms with Crippen molar-refractivity contribution in [3.63, 3.8) is 0 Å². The maximum atomic E-state index is 12.8. The summed E-state index contributed by atoms with van der Waals surface area (Å²) in [6.07, 6.45) is 0.284. The Morgan fingerprint density at radius 1 is 1.10 bits per heavy atom. The molecule has 0 amide bonds. The largest absolute Gasteiger partial charge is 0.415 e. The number of aryl methyl sites for hydroxylation is 1. The van der Waals surface area contributed by atoms with Crippen molar-refractivity contribution in [1.29, 1.82) is 0 Å². The first-order valence-corrected chi connectivity index (χ1v) is 9.27. The van der Waals surface area contributed by atoms with Crippen molar-refractivity contribution in [3.8, 4) is 22.7 Å². The number of benzene rings is 1. The predicted octanol–water partition coefficient (Wildman–Crippen LogP) is 3.16. The Morgan fingerprint density at radius 2 is 1.94 bits per heavy atom. The lowest BCUT2D eigenvalue weighted by molar-refractivity contribution is 0.116. The van der Waals surface area contributed by atoms with Gasteiger partial charge in [0.1, 0.15) is 0 Å². The molecule has 0 saturated heterocycles. The maximum Gasteiger partial charge on any atom is 0.329 e. The standard InChI is InChI=1S/C20H15F2N7O2/c1-28-16-8-11(14-6-7-24-25-14)3-5-15(16)29(20(28)30)10-13-4-2-12(9-23-13)18-26-27-19(31-18)17(21)22/h2-9,17H,10H2,1H3,(H,24,25). The van der Waals surface area contributed by atoms with Gasteiger partial charge in [-0.15, -0.1) is 10.2 Å². The Morgan fingerprint density at radius 3 is 2.61 bits per heavy atom. The fourth-order valence-corrected chi connectivity index (χ4v) is 3.39. The lowest BCUT2D eigenvalue weighted by Crippen LogP contribution is -2.23. The molecule has 0 spiro atoms. The van der Waals surface area contributed by atoms with E-state index in [9.17, 15) is 13.6 Å². The molecule has 0 radical (unpaired) electrons. The van der Waals surface area contributed by atoms with Gasteiger partial charge in [-0.1, -0.05) is 6.07 Å². The summed E-state index contributed by atoms with van der Waals surface area (Å²) in [5.74, 6) is -0.779. The molecule has 0 aliphatic rings. The van der Waals surface area contributed by atoms with Crippen LogP contribution in [0.5, 0.6) is 0 Å². The van der Waals surface area contributed by atoms with Gasteiger partial charge >= 0.3 is 12.1 Å². The van der Waals surface area contributed by atoms with E-state index < -0.39 is 12.3 Å². The first-order chi connectivity index (χ1) is 15.0. The average Bonchev–Trinajstić information content (AvgIpc) is 3.52. The summed E-state index contributed by atoms with van der Waals surface area (Å²) in [6, 6.07) is 10.9. The zero-order valence-corrected chi connectivity index (χ0v) is 16.2. The Bertz CT molecular complexity index is 1420. The normalized spacial score (nSPS) is 11.6. The van der Waals surface area contributed by atoms with Crippen LogP contribution in [0.4, 0.5) is 8.78 Å². The highest BCUT2D eigenvalue weighted by Gasteiger charge is 2.17. The molecule has 4 heterocycles. The minimum atomic E-state index is -2.83. The maximum absolute atomic E-state index is 12.8. The molecule has 9 nitrogen and oxygen atoms in total. The summed E-state index contributed by atoms with van der Waals surface area (Å²) >= 11 is 0. The Balaban J connectivity index is 1.46. The van der Waals surface area contributed by atoms with Gasteiger partial charge in [-0.2, -0.15) is 13.9 Å². The molecule has 0 bridgehead atoms. The quantitative estimate of drug-likeness (QED) is 0.465. The molecule has 5 rings (SSSR count). The first-order valence-electron chi connectivity index (χ1n) is 9.27. The van der Waals surface area contributed by atoms with E-state index in [-0.39, 0.29) is 18.1 Å². The van der Waals surface area contributed by atoms with Crippen LogP contribution >= 0.6 is 0 Å². The molecule has 0 aliphatic carbocycles. The fraction of sp³-hybridized carbons (Fsp3) is 0.150. The van der Waals surface area contributed by atoms with Gasteiger partial charge in [0, 0.05) is 25.0 Å². The van der Waals surface area contributed by atoms with Gasteiger partial charge in [-0.3, -0.25) is 19.2 Å². The number of pyridine rings is 1. The van der Waals surface area contributed by atoms with E-state index in [2.05, 4.69) is 25.4 Å². The van der Waals surface area contributed by atoms with Gasteiger partial charge in [0.15, 0.2) is 0 Å². The van der Waals surface area contributed by atoms with Crippen LogP contribution in [0, 0.1) is 0 Å². The number of hydrogen-bond donors (Lipinski definition) is 1. The van der Waals surface area contributed by atoms with Crippen LogP contribution in [0.25, 0.3) is 33.7 Å². The molecule has 11 heteroatoms. The van der Waals surface area contributed by atoms with Crippen LogP contribution in [0.15, 0.2) is 58.0 Å². The van der Waals surface area contributed by atoms with E-state index >= 15 is 0 Å². The predicted molar refractivity (Wildman–Crippen MR) is 106 cm³/mol. The summed E-state index contributed by atoms with van der Waals surface area (Å²) in [7, 11) is 1.71. The zero-order chi connectivity index (χ0) is 21.5. The van der Waals surface area contributed by atoms with E-state index in [1.54, 1.807) is 34.5 Å². The number of rotatable bonds is 5. The number of aromatic nitrogens is 7. The second-order valence-corrected chi connectivity index (χ2v) is 6.89. The van der Waals surface area contributed by atoms with Gasteiger partial charge in [0.2, 0.25) is 5.89 Å². The van der Waals surface area contributed by atoms with Crippen LogP contribution in [0.3, 0.4) is 0 Å². The number of nitrogens with zero attached hydrogens (tertiary/aromatic N) is 6. The van der Waals surface area contributed by atoms with E-state index in [0.717, 1.165) is 22.3 Å². The highest BCUT2D eigenvalue weighted by atomic mass is 19.3. The van der Waals surface area contributed by atoms with Crippen molar-refractivity contribution >= 4 is 11.0 Å². The van der Waals surface area contributed by atoms with Gasteiger partial charge in [-0.05, 0) is 30.3 Å². The van der Waals surface area contributed by atoms with Gasteiger partial charge in [0.25, 0.3) is 5.89 Å². The summed E-state index contributed by atoms with van der Waals surface area (Å²) in [5, 5.41) is 13.8. The fourth-order valence-electron chi connectivity index (χ4n) is 3.39. The van der Waals surface area contributed by atoms with Crippen molar-refractivity contribution in [2.45, 2.75) is 13.0 Å². The molecular formula is C20H15F2N7O2. The summed E-state index contributed by atoms with van der Waals surface area (Å²) in [5.41, 5.74) is 4.17. The number of imidazole rings is 1. The zero-order valence-electron chi connectivity index (χ0n) is 16.2. The monoisotopic (exact) mass is 423 g/mol. The number of halogens is 2. The molecule has 156 valence electrons. The van der Waals surface area contributed by atoms with Crippen LogP contribution < -0.4 is 5.69 Å². The van der Waals surface area contributed by atoms with E-state index in [1.165, 1.54) is 6.20 Å². The molecule has 0 aliphatic heterocycles. The topological polar surface area (TPSA) is 107 Å². The lowest BCUT2D eigenvalue weighted by Gasteiger charge is -2.04. The molecule has 31 heavy (non-hydrogen) atoms. The van der Waals surface area contributed by atoms with Gasteiger partial charge in [-0.25, -0.2) is 4.79 Å². The number of alkyl halides is 2. The van der Waals surface area contributed by atoms with Crippen LogP contribution in [-0.2, 0) is 13.6 Å². The van der Waals surface area contributed by atoms with Crippen molar-refractivity contribution < 1.29 is 13.2 Å². The van der Waals surface area contributed by atoms with Crippen LogP contribution in [0.2, 0.25) is 0 Å². The van der Waals surface area contributed by atoms with Crippen LogP contribution in [0.1, 0.15) is 18.0 Å². The second kappa shape index (κ2) is 7.27. The molecule has 1 aromatic carbocycles. The van der Waals surface area contributed by atoms with Crippen molar-refractivity contribution in [2.75, 3.05) is 0 Å². The molecule has 1 N–H and O–H groups in total. The number of H-pyrrole nitrogens is 1. The number of fused-ring (bicyclic) bond motifs is 1. The summed E-state index contributed by atoms with van der Waals surface area (Å²) in [4.78, 5) is 17.1. The van der Waals surface area contributed by atoms with E-state index in [4.69, 9.17) is 4.42 Å². The smallest absolute Gasteiger partial charge is 0.329 e. The SMILES string of the molecule is Cn1c(=O)n(Cc2ccc(-c3nnc(C(F)F)o3)cn2)c2ccc(-c3ccn[nH]3)cc21. The summed E-state index contributed by atoms with van der Waals surface area (Å²) in [6.45, 7) is 0.242. The molecule has 5 aromatic rings. The first kappa shape index (κ1) is 18.9. The third-order valence-corrected chi connectivity index (χ3v) is 4.98.